The summed E-state index contributed by atoms with van der Waals surface area (Å²) >= 11 is 5.28. The minimum atomic E-state index is 0.0940. The molecule has 25 heavy (non-hydrogen) atoms. The van der Waals surface area contributed by atoms with Crippen molar-refractivity contribution in [2.45, 2.75) is 26.2 Å². The molecule has 0 bridgehead atoms. The number of rotatable bonds is 3. The van der Waals surface area contributed by atoms with Crippen molar-refractivity contribution in [3.05, 3.63) is 64.4 Å². The van der Waals surface area contributed by atoms with E-state index in [-0.39, 0.29) is 11.2 Å². The topological polar surface area (TPSA) is 66.2 Å². The predicted octanol–water partition coefficient (Wildman–Crippen LogP) is 4.49. The van der Waals surface area contributed by atoms with Crippen LogP contribution in [-0.2, 0) is 5.41 Å². The third-order valence-electron chi connectivity index (χ3n) is 3.85. The summed E-state index contributed by atoms with van der Waals surface area (Å²) in [5.41, 5.74) is 3.04. The van der Waals surface area contributed by atoms with Crippen molar-refractivity contribution < 1.29 is 5.11 Å². The van der Waals surface area contributed by atoms with Gasteiger partial charge in [0.2, 0.25) is 4.77 Å². The molecule has 2 N–H and O–H groups in total. The third-order valence-corrected chi connectivity index (χ3v) is 4.12. The van der Waals surface area contributed by atoms with Crippen molar-refractivity contribution in [1.29, 1.82) is 0 Å². The van der Waals surface area contributed by atoms with Gasteiger partial charge in [-0.25, -0.2) is 5.10 Å². The van der Waals surface area contributed by atoms with Gasteiger partial charge in [-0.3, -0.25) is 0 Å². The lowest BCUT2D eigenvalue weighted by atomic mass is 9.87. The normalized spacial score (nSPS) is 12.0. The van der Waals surface area contributed by atoms with Crippen LogP contribution in [0.15, 0.2) is 53.6 Å². The molecule has 0 saturated carbocycles. The van der Waals surface area contributed by atoms with E-state index in [0.29, 0.717) is 10.6 Å². The molecule has 0 atom stereocenters. The number of nitrogens with one attached hydrogen (secondary N) is 1. The first-order valence-electron chi connectivity index (χ1n) is 7.96. The number of hydrogen-bond donors (Lipinski definition) is 2. The van der Waals surface area contributed by atoms with Crippen molar-refractivity contribution >= 4 is 18.4 Å². The monoisotopic (exact) mass is 352 g/mol. The number of aromatic nitrogens is 3. The lowest BCUT2D eigenvalue weighted by Gasteiger charge is -2.18. The highest BCUT2D eigenvalue weighted by Crippen LogP contribution is 2.25. The van der Waals surface area contributed by atoms with Gasteiger partial charge in [-0.2, -0.15) is 14.9 Å². The fourth-order valence-corrected chi connectivity index (χ4v) is 2.61. The number of aromatic hydroxyl groups is 1. The van der Waals surface area contributed by atoms with E-state index in [2.05, 4.69) is 48.2 Å². The number of benzene rings is 2. The first kappa shape index (κ1) is 17.1. The standard InChI is InChI=1S/C19H20N4OS/c1-19(2,3)15-9-7-14(8-10-15)17-21-22-18(25)23(17)20-12-13-5-4-6-16(24)11-13/h4-12,24H,1-3H3,(H,22,25). The Morgan fingerprint density at radius 1 is 1.16 bits per heavy atom. The van der Waals surface area contributed by atoms with Crippen molar-refractivity contribution in [3.63, 3.8) is 0 Å². The summed E-state index contributed by atoms with van der Waals surface area (Å²) in [6, 6.07) is 15.1. The highest BCUT2D eigenvalue weighted by atomic mass is 32.1. The maximum Gasteiger partial charge on any atom is 0.216 e. The molecular weight excluding hydrogens is 332 g/mol. The molecular formula is C19H20N4OS. The van der Waals surface area contributed by atoms with E-state index in [1.165, 1.54) is 5.56 Å². The SMILES string of the molecule is CC(C)(C)c1ccc(-c2n[nH]c(=S)n2N=Cc2cccc(O)c2)cc1. The number of phenols is 1. The molecule has 1 heterocycles. The van der Waals surface area contributed by atoms with Crippen molar-refractivity contribution in [1.82, 2.24) is 14.9 Å². The molecule has 0 aliphatic rings. The molecule has 5 nitrogen and oxygen atoms in total. The quantitative estimate of drug-likeness (QED) is 0.539. The molecule has 128 valence electrons. The van der Waals surface area contributed by atoms with E-state index in [1.54, 1.807) is 29.1 Å². The molecule has 0 aliphatic carbocycles. The zero-order valence-corrected chi connectivity index (χ0v) is 15.2. The number of phenolic OH excluding ortho intramolecular Hbond substituents is 1. The second-order valence-corrected chi connectivity index (χ2v) is 7.22. The fourth-order valence-electron chi connectivity index (χ4n) is 2.43. The van der Waals surface area contributed by atoms with Crippen LogP contribution in [0, 0.1) is 4.77 Å². The van der Waals surface area contributed by atoms with Gasteiger partial charge in [0.15, 0.2) is 5.82 Å². The molecule has 0 fully saturated rings. The summed E-state index contributed by atoms with van der Waals surface area (Å²) in [4.78, 5) is 0. The minimum Gasteiger partial charge on any atom is -0.508 e. The van der Waals surface area contributed by atoms with E-state index < -0.39 is 0 Å². The van der Waals surface area contributed by atoms with Gasteiger partial charge in [-0.1, -0.05) is 57.2 Å². The Balaban J connectivity index is 1.96. The van der Waals surface area contributed by atoms with Crippen LogP contribution in [0.4, 0.5) is 0 Å². The van der Waals surface area contributed by atoms with Crippen LogP contribution in [0.1, 0.15) is 31.9 Å². The Kier molecular flexibility index (Phi) is 4.55. The Morgan fingerprint density at radius 3 is 2.52 bits per heavy atom. The van der Waals surface area contributed by atoms with E-state index in [1.807, 2.05) is 18.2 Å². The van der Waals surface area contributed by atoms with E-state index in [9.17, 15) is 5.11 Å². The van der Waals surface area contributed by atoms with Crippen LogP contribution < -0.4 is 0 Å². The van der Waals surface area contributed by atoms with Crippen LogP contribution in [0.5, 0.6) is 5.75 Å². The number of nitrogens with zero attached hydrogens (tertiary/aromatic N) is 3. The molecule has 2 aromatic carbocycles. The minimum absolute atomic E-state index is 0.0940. The first-order valence-corrected chi connectivity index (χ1v) is 8.37. The van der Waals surface area contributed by atoms with Crippen LogP contribution in [0.25, 0.3) is 11.4 Å². The van der Waals surface area contributed by atoms with Gasteiger partial charge in [0.05, 0.1) is 6.21 Å². The second kappa shape index (κ2) is 6.64. The van der Waals surface area contributed by atoms with Crippen molar-refractivity contribution in [3.8, 4) is 17.1 Å². The summed E-state index contributed by atoms with van der Waals surface area (Å²) in [5.74, 6) is 0.833. The lowest BCUT2D eigenvalue weighted by molar-refractivity contribution is 0.475. The summed E-state index contributed by atoms with van der Waals surface area (Å²) < 4.78 is 1.98. The Labute approximate surface area is 151 Å². The highest BCUT2D eigenvalue weighted by Gasteiger charge is 2.14. The maximum absolute atomic E-state index is 9.54. The molecule has 0 aliphatic heterocycles. The number of hydrogen-bond acceptors (Lipinski definition) is 4. The molecule has 0 saturated heterocycles. The Morgan fingerprint density at radius 2 is 1.88 bits per heavy atom. The van der Waals surface area contributed by atoms with Gasteiger partial charge in [0.1, 0.15) is 5.75 Å². The molecule has 0 unspecified atom stereocenters. The lowest BCUT2D eigenvalue weighted by Crippen LogP contribution is -2.10. The van der Waals surface area contributed by atoms with Crippen molar-refractivity contribution in [2.75, 3.05) is 0 Å². The summed E-state index contributed by atoms with van der Waals surface area (Å²) in [7, 11) is 0. The van der Waals surface area contributed by atoms with E-state index >= 15 is 0 Å². The molecule has 0 spiro atoms. The van der Waals surface area contributed by atoms with Gasteiger partial charge in [0, 0.05) is 5.56 Å². The molecule has 3 rings (SSSR count). The third kappa shape index (κ3) is 3.85. The van der Waals surface area contributed by atoms with Gasteiger partial charge in [0.25, 0.3) is 0 Å². The highest BCUT2D eigenvalue weighted by molar-refractivity contribution is 7.71. The van der Waals surface area contributed by atoms with Crippen LogP contribution in [-0.4, -0.2) is 26.2 Å². The Hall–Kier alpha value is -2.73. The van der Waals surface area contributed by atoms with Crippen LogP contribution in [0.2, 0.25) is 0 Å². The summed E-state index contributed by atoms with van der Waals surface area (Å²) in [6.45, 7) is 6.53. The Bertz CT molecular complexity index is 962. The number of aromatic amines is 1. The molecule has 0 amide bonds. The zero-order valence-electron chi connectivity index (χ0n) is 14.4. The van der Waals surface area contributed by atoms with Gasteiger partial charge in [-0.05, 0) is 40.9 Å². The van der Waals surface area contributed by atoms with E-state index in [4.69, 9.17) is 12.2 Å². The predicted molar refractivity (Wildman–Crippen MR) is 103 cm³/mol. The summed E-state index contributed by atoms with van der Waals surface area (Å²) in [5, 5.41) is 21.0. The molecule has 3 aromatic rings. The maximum atomic E-state index is 9.54. The van der Waals surface area contributed by atoms with Crippen molar-refractivity contribution in [2.24, 2.45) is 5.10 Å². The molecule has 0 radical (unpaired) electrons. The van der Waals surface area contributed by atoms with Crippen LogP contribution in [0.3, 0.4) is 0 Å². The van der Waals surface area contributed by atoms with E-state index in [0.717, 1.165) is 11.1 Å². The largest absolute Gasteiger partial charge is 0.508 e. The van der Waals surface area contributed by atoms with Gasteiger partial charge < -0.3 is 5.11 Å². The summed E-state index contributed by atoms with van der Waals surface area (Å²) in [6.07, 6.45) is 1.64. The van der Waals surface area contributed by atoms with Gasteiger partial charge >= 0.3 is 0 Å². The average Bonchev–Trinajstić information content (AvgIpc) is 2.93. The second-order valence-electron chi connectivity index (χ2n) is 6.83. The smallest absolute Gasteiger partial charge is 0.216 e. The van der Waals surface area contributed by atoms with Gasteiger partial charge in [-0.15, -0.1) is 0 Å². The van der Waals surface area contributed by atoms with Crippen LogP contribution >= 0.6 is 12.2 Å². The number of H-pyrrole nitrogens is 1. The molecule has 6 heteroatoms. The zero-order chi connectivity index (χ0) is 18.0. The fraction of sp³-hybridized carbons (Fsp3) is 0.211. The first-order chi connectivity index (χ1) is 11.8. The average molecular weight is 352 g/mol. The molecule has 1 aromatic heterocycles.